The minimum absolute atomic E-state index is 0.0909. The molecule has 0 unspecified atom stereocenters. The highest BCUT2D eigenvalue weighted by molar-refractivity contribution is 5.91. The second kappa shape index (κ2) is 8.89. The SMILES string of the molecule is CC(=O)[C@H](CC(C)C)NC(=O)[C@@H](NC(=O)OC(C)(C)C)C(C)C. The van der Waals surface area contributed by atoms with E-state index in [0.717, 1.165) is 0 Å². The fourth-order valence-corrected chi connectivity index (χ4v) is 2.03. The van der Waals surface area contributed by atoms with Gasteiger partial charge < -0.3 is 15.4 Å². The Bertz CT molecular complexity index is 425. The van der Waals surface area contributed by atoms with Crippen LogP contribution in [0.15, 0.2) is 0 Å². The lowest BCUT2D eigenvalue weighted by atomic mass is 9.98. The highest BCUT2D eigenvalue weighted by Crippen LogP contribution is 2.10. The molecule has 0 radical (unpaired) electrons. The molecule has 6 heteroatoms. The van der Waals surface area contributed by atoms with Gasteiger partial charge in [0.25, 0.3) is 0 Å². The molecule has 23 heavy (non-hydrogen) atoms. The van der Waals surface area contributed by atoms with Gasteiger partial charge in [0.1, 0.15) is 11.6 Å². The Hall–Kier alpha value is -1.59. The van der Waals surface area contributed by atoms with Crippen molar-refractivity contribution < 1.29 is 19.1 Å². The van der Waals surface area contributed by atoms with Gasteiger partial charge in [0.2, 0.25) is 5.91 Å². The van der Waals surface area contributed by atoms with Gasteiger partial charge in [-0.2, -0.15) is 0 Å². The Morgan fingerprint density at radius 1 is 1.00 bits per heavy atom. The van der Waals surface area contributed by atoms with Crippen LogP contribution in [0.5, 0.6) is 0 Å². The van der Waals surface area contributed by atoms with E-state index in [1.807, 2.05) is 27.7 Å². The number of alkyl carbamates (subject to hydrolysis) is 1. The van der Waals surface area contributed by atoms with Gasteiger partial charge in [-0.1, -0.05) is 27.7 Å². The molecule has 0 aromatic rings. The first-order chi connectivity index (χ1) is 10.3. The van der Waals surface area contributed by atoms with E-state index in [1.54, 1.807) is 20.8 Å². The maximum Gasteiger partial charge on any atom is 0.408 e. The molecule has 0 spiro atoms. The molecule has 0 aliphatic heterocycles. The average molecular weight is 328 g/mol. The second-order valence-corrected chi connectivity index (χ2v) is 7.67. The van der Waals surface area contributed by atoms with Gasteiger partial charge in [0.05, 0.1) is 6.04 Å². The van der Waals surface area contributed by atoms with Crippen molar-refractivity contribution in [1.29, 1.82) is 0 Å². The zero-order valence-corrected chi connectivity index (χ0v) is 15.6. The summed E-state index contributed by atoms with van der Waals surface area (Å²) < 4.78 is 5.19. The van der Waals surface area contributed by atoms with E-state index < -0.39 is 23.8 Å². The standard InChI is InChI=1S/C17H32N2O4/c1-10(2)9-13(12(5)20)18-15(21)14(11(3)4)19-16(22)23-17(6,7)8/h10-11,13-14H,9H2,1-8H3,(H,18,21)(H,19,22)/t13-,14-/m0/s1. The van der Waals surface area contributed by atoms with E-state index in [-0.39, 0.29) is 23.5 Å². The number of rotatable bonds is 7. The molecule has 0 aliphatic rings. The largest absolute Gasteiger partial charge is 0.444 e. The van der Waals surface area contributed by atoms with Crippen molar-refractivity contribution >= 4 is 17.8 Å². The molecule has 0 fully saturated rings. The summed E-state index contributed by atoms with van der Waals surface area (Å²) in [5.74, 6) is -0.312. The number of ether oxygens (including phenoxy) is 1. The van der Waals surface area contributed by atoms with Crippen molar-refractivity contribution in [2.24, 2.45) is 11.8 Å². The number of carbonyl (C=O) groups is 3. The van der Waals surface area contributed by atoms with Gasteiger partial charge in [-0.05, 0) is 46.0 Å². The Balaban J connectivity index is 4.91. The zero-order chi connectivity index (χ0) is 18.4. The van der Waals surface area contributed by atoms with Gasteiger partial charge in [-0.15, -0.1) is 0 Å². The predicted molar refractivity (Wildman–Crippen MR) is 90.1 cm³/mol. The van der Waals surface area contributed by atoms with E-state index in [4.69, 9.17) is 4.74 Å². The summed E-state index contributed by atoms with van der Waals surface area (Å²) in [6, 6.07) is -1.29. The molecule has 134 valence electrons. The molecule has 0 bridgehead atoms. The van der Waals surface area contributed by atoms with Gasteiger partial charge in [0.15, 0.2) is 5.78 Å². The normalized spacial score (nSPS) is 14.3. The molecule has 2 amide bonds. The van der Waals surface area contributed by atoms with Crippen LogP contribution < -0.4 is 10.6 Å². The predicted octanol–water partition coefficient (Wildman–Crippen LogP) is 2.66. The molecule has 6 nitrogen and oxygen atoms in total. The molecule has 2 atom stereocenters. The number of nitrogens with one attached hydrogen (secondary N) is 2. The Morgan fingerprint density at radius 3 is 1.87 bits per heavy atom. The molecule has 0 saturated heterocycles. The molecular weight excluding hydrogens is 296 g/mol. The highest BCUT2D eigenvalue weighted by atomic mass is 16.6. The number of ketones is 1. The molecule has 0 aliphatic carbocycles. The van der Waals surface area contributed by atoms with Gasteiger partial charge >= 0.3 is 6.09 Å². The monoisotopic (exact) mass is 328 g/mol. The van der Waals surface area contributed by atoms with E-state index in [2.05, 4.69) is 10.6 Å². The number of hydrogen-bond donors (Lipinski definition) is 2. The first kappa shape index (κ1) is 21.4. The molecular formula is C17H32N2O4. The van der Waals surface area contributed by atoms with Crippen molar-refractivity contribution in [3.63, 3.8) is 0 Å². The van der Waals surface area contributed by atoms with Crippen LogP contribution >= 0.6 is 0 Å². The van der Waals surface area contributed by atoms with Crippen LogP contribution in [0.1, 0.15) is 61.8 Å². The third-order valence-corrected chi connectivity index (χ3v) is 3.14. The van der Waals surface area contributed by atoms with Gasteiger partial charge in [-0.25, -0.2) is 4.79 Å². The minimum Gasteiger partial charge on any atom is -0.444 e. The maximum absolute atomic E-state index is 12.4. The van der Waals surface area contributed by atoms with Crippen LogP contribution in [0.25, 0.3) is 0 Å². The lowest BCUT2D eigenvalue weighted by Crippen LogP contribution is -2.54. The molecule has 0 saturated carbocycles. The maximum atomic E-state index is 12.4. The first-order valence-corrected chi connectivity index (χ1v) is 8.13. The summed E-state index contributed by atoms with van der Waals surface area (Å²) in [5, 5.41) is 5.32. The minimum atomic E-state index is -0.751. The second-order valence-electron chi connectivity index (χ2n) is 7.67. The van der Waals surface area contributed by atoms with E-state index >= 15 is 0 Å². The Labute approximate surface area is 139 Å². The Kier molecular flexibility index (Phi) is 8.28. The van der Waals surface area contributed by atoms with E-state index in [1.165, 1.54) is 6.92 Å². The first-order valence-electron chi connectivity index (χ1n) is 8.13. The molecule has 0 rings (SSSR count). The molecule has 0 heterocycles. The van der Waals surface area contributed by atoms with Crippen molar-refractivity contribution in [2.45, 2.75) is 79.5 Å². The third-order valence-electron chi connectivity index (χ3n) is 3.14. The third kappa shape index (κ3) is 9.21. The van der Waals surface area contributed by atoms with E-state index in [0.29, 0.717) is 6.42 Å². The summed E-state index contributed by atoms with van der Waals surface area (Å²) in [7, 11) is 0. The molecule has 2 N–H and O–H groups in total. The van der Waals surface area contributed by atoms with E-state index in [9.17, 15) is 14.4 Å². The van der Waals surface area contributed by atoms with Crippen LogP contribution in [0.3, 0.4) is 0 Å². The smallest absolute Gasteiger partial charge is 0.408 e. The zero-order valence-electron chi connectivity index (χ0n) is 15.6. The summed E-state index contributed by atoms with van der Waals surface area (Å²) in [5.41, 5.74) is -0.637. The summed E-state index contributed by atoms with van der Waals surface area (Å²) in [6.45, 7) is 14.4. The quantitative estimate of drug-likeness (QED) is 0.752. The molecule has 0 aromatic carbocycles. The van der Waals surface area contributed by atoms with Crippen LogP contribution in [0.4, 0.5) is 4.79 Å². The fourth-order valence-electron chi connectivity index (χ4n) is 2.03. The number of hydrogen-bond acceptors (Lipinski definition) is 4. The van der Waals surface area contributed by atoms with Crippen LogP contribution in [0, 0.1) is 11.8 Å². The topological polar surface area (TPSA) is 84.5 Å². The lowest BCUT2D eigenvalue weighted by Gasteiger charge is -2.27. The summed E-state index contributed by atoms with van der Waals surface area (Å²) in [4.78, 5) is 36.0. The highest BCUT2D eigenvalue weighted by Gasteiger charge is 2.29. The lowest BCUT2D eigenvalue weighted by molar-refractivity contribution is -0.129. The van der Waals surface area contributed by atoms with Crippen molar-refractivity contribution in [3.8, 4) is 0 Å². The van der Waals surface area contributed by atoms with Crippen LogP contribution in [-0.4, -0.2) is 35.5 Å². The van der Waals surface area contributed by atoms with Gasteiger partial charge in [0, 0.05) is 0 Å². The fraction of sp³-hybridized carbons (Fsp3) is 0.824. The summed E-state index contributed by atoms with van der Waals surface area (Å²) in [6.07, 6.45) is -0.0761. The average Bonchev–Trinajstić information content (AvgIpc) is 2.31. The van der Waals surface area contributed by atoms with Crippen molar-refractivity contribution in [2.75, 3.05) is 0 Å². The van der Waals surface area contributed by atoms with Crippen LogP contribution in [-0.2, 0) is 14.3 Å². The number of Topliss-reactive ketones (excluding diaryl/α,β-unsaturated/α-hetero) is 1. The van der Waals surface area contributed by atoms with Gasteiger partial charge in [-0.3, -0.25) is 9.59 Å². The van der Waals surface area contributed by atoms with Crippen molar-refractivity contribution in [1.82, 2.24) is 10.6 Å². The molecule has 0 aromatic heterocycles. The summed E-state index contributed by atoms with van der Waals surface area (Å²) >= 11 is 0. The number of amides is 2. The van der Waals surface area contributed by atoms with Crippen molar-refractivity contribution in [3.05, 3.63) is 0 Å². The van der Waals surface area contributed by atoms with Crippen LogP contribution in [0.2, 0.25) is 0 Å². The number of carbonyl (C=O) groups excluding carboxylic acids is 3. The Morgan fingerprint density at radius 2 is 1.52 bits per heavy atom.